The topological polar surface area (TPSA) is 114 Å². The summed E-state index contributed by atoms with van der Waals surface area (Å²) in [5, 5.41) is 16.3. The molecule has 1 saturated heterocycles. The van der Waals surface area contributed by atoms with Crippen molar-refractivity contribution < 1.29 is 29.0 Å². The molecule has 0 radical (unpaired) electrons. The Morgan fingerprint density at radius 3 is 2.62 bits per heavy atom. The van der Waals surface area contributed by atoms with Crippen molar-refractivity contribution in [3.8, 4) is 11.5 Å². The number of aromatic hydroxyl groups is 1. The van der Waals surface area contributed by atoms with Crippen LogP contribution in [0, 0.1) is 0 Å². The minimum Gasteiger partial charge on any atom is -0.508 e. The van der Waals surface area contributed by atoms with Crippen LogP contribution < -0.4 is 15.4 Å². The maximum absolute atomic E-state index is 13.8. The normalized spacial score (nSPS) is 23.7. The lowest BCUT2D eigenvalue weighted by Gasteiger charge is -2.37. The van der Waals surface area contributed by atoms with Crippen LogP contribution in [-0.4, -0.2) is 42.5 Å². The zero-order chi connectivity index (χ0) is 26.1. The van der Waals surface area contributed by atoms with Crippen molar-refractivity contribution >= 4 is 17.7 Å². The minimum absolute atomic E-state index is 0.0497. The van der Waals surface area contributed by atoms with Crippen molar-refractivity contribution in [1.29, 1.82) is 0 Å². The summed E-state index contributed by atoms with van der Waals surface area (Å²) < 4.78 is 11.4. The molecule has 3 N–H and O–H groups in total. The number of methoxy groups -OCH3 is 1. The number of rotatable bonds is 5. The highest BCUT2D eigenvalue weighted by Gasteiger charge is 2.42. The molecule has 0 bridgehead atoms. The third-order valence-corrected chi connectivity index (χ3v) is 7.32. The van der Waals surface area contributed by atoms with Gasteiger partial charge >= 0.3 is 5.97 Å². The molecule has 1 aliphatic carbocycles. The van der Waals surface area contributed by atoms with E-state index in [0.29, 0.717) is 41.7 Å². The van der Waals surface area contributed by atoms with Crippen LogP contribution >= 0.6 is 0 Å². The Kier molecular flexibility index (Phi) is 6.74. The van der Waals surface area contributed by atoms with Gasteiger partial charge in [-0.15, -0.1) is 0 Å². The van der Waals surface area contributed by atoms with Gasteiger partial charge in [0.1, 0.15) is 17.6 Å². The highest BCUT2D eigenvalue weighted by atomic mass is 16.5. The van der Waals surface area contributed by atoms with Gasteiger partial charge < -0.3 is 25.2 Å². The number of carbonyl (C=O) groups excluding carboxylic acids is 3. The van der Waals surface area contributed by atoms with Crippen LogP contribution in [-0.2, 0) is 19.1 Å². The highest BCUT2D eigenvalue weighted by Crippen LogP contribution is 2.47. The standard InChI is InChI=1S/C29H30N2O6/c1-16-26(29(35)37-20-10-11-25(34)30-15-20)27(17-6-5-7-19(32)12-17)28-22(31-16)13-18(14-23(28)33)21-8-3-4-9-24(21)36-2/h3-9,12,18,20,27,31-32H,10-11,13-15H2,1-2H3,(H,30,34)/t18-,20-,27-/m1/s1. The predicted molar refractivity (Wildman–Crippen MR) is 136 cm³/mol. The van der Waals surface area contributed by atoms with E-state index in [1.54, 1.807) is 38.3 Å². The Hall–Kier alpha value is -4.07. The number of ketones is 1. The Morgan fingerprint density at radius 2 is 1.89 bits per heavy atom. The molecule has 8 nitrogen and oxygen atoms in total. The fourth-order valence-electron chi connectivity index (χ4n) is 5.60. The summed E-state index contributed by atoms with van der Waals surface area (Å²) in [6.45, 7) is 2.06. The minimum atomic E-state index is -0.680. The number of phenols is 1. The second-order valence-corrected chi connectivity index (χ2v) is 9.72. The number of amides is 1. The average molecular weight is 503 g/mol. The molecule has 8 heteroatoms. The van der Waals surface area contributed by atoms with E-state index in [1.165, 1.54) is 0 Å². The highest BCUT2D eigenvalue weighted by molar-refractivity contribution is 6.04. The van der Waals surface area contributed by atoms with E-state index in [0.717, 1.165) is 17.0 Å². The molecule has 2 aliphatic heterocycles. The Bertz CT molecular complexity index is 1320. The van der Waals surface area contributed by atoms with Crippen LogP contribution in [0.25, 0.3) is 0 Å². The van der Waals surface area contributed by atoms with Gasteiger partial charge in [0.15, 0.2) is 5.78 Å². The number of phenolic OH excluding ortho intramolecular Hbond substituents is 1. The van der Waals surface area contributed by atoms with Gasteiger partial charge in [-0.25, -0.2) is 4.79 Å². The molecule has 2 aromatic rings. The third kappa shape index (κ3) is 4.83. The van der Waals surface area contributed by atoms with Crippen LogP contribution in [0.4, 0.5) is 0 Å². The van der Waals surface area contributed by atoms with Gasteiger partial charge in [-0.1, -0.05) is 30.3 Å². The number of Topliss-reactive ketones (excluding diaryl/α,β-unsaturated/α-hetero) is 1. The summed E-state index contributed by atoms with van der Waals surface area (Å²) in [7, 11) is 1.62. The molecule has 5 rings (SSSR count). The molecular formula is C29H30N2O6. The second-order valence-electron chi connectivity index (χ2n) is 9.72. The van der Waals surface area contributed by atoms with E-state index in [1.807, 2.05) is 24.3 Å². The molecular weight excluding hydrogens is 472 g/mol. The lowest BCUT2D eigenvalue weighted by Crippen LogP contribution is -2.42. The Labute approximate surface area is 215 Å². The SMILES string of the molecule is COc1ccccc1[C@H]1CC(=O)C2=C(C1)NC(C)=C(C(=O)O[C@@H]1CCC(=O)NC1)[C@H]2c1cccc(O)c1. The number of carbonyl (C=O) groups is 3. The summed E-state index contributed by atoms with van der Waals surface area (Å²) >= 11 is 0. The van der Waals surface area contributed by atoms with E-state index in [-0.39, 0.29) is 36.3 Å². The van der Waals surface area contributed by atoms with Crippen molar-refractivity contribution in [2.75, 3.05) is 13.7 Å². The summed E-state index contributed by atoms with van der Waals surface area (Å²) in [6, 6.07) is 14.3. The molecule has 0 unspecified atom stereocenters. The van der Waals surface area contributed by atoms with Gasteiger partial charge in [0, 0.05) is 41.6 Å². The van der Waals surface area contributed by atoms with Crippen LogP contribution in [0.5, 0.6) is 11.5 Å². The van der Waals surface area contributed by atoms with E-state index in [2.05, 4.69) is 10.6 Å². The number of dihydropyridines is 1. The monoisotopic (exact) mass is 502 g/mol. The number of nitrogens with one attached hydrogen (secondary N) is 2. The Morgan fingerprint density at radius 1 is 1.08 bits per heavy atom. The number of benzene rings is 2. The number of piperidine rings is 1. The summed E-state index contributed by atoms with van der Waals surface area (Å²) in [6.07, 6.45) is 1.14. The number of hydrogen-bond acceptors (Lipinski definition) is 7. The maximum Gasteiger partial charge on any atom is 0.337 e. The van der Waals surface area contributed by atoms with E-state index < -0.39 is 18.0 Å². The second kappa shape index (κ2) is 10.1. The van der Waals surface area contributed by atoms with Crippen molar-refractivity contribution in [1.82, 2.24) is 10.6 Å². The van der Waals surface area contributed by atoms with Gasteiger partial charge in [0.05, 0.1) is 19.2 Å². The Balaban J connectivity index is 1.52. The van der Waals surface area contributed by atoms with E-state index >= 15 is 0 Å². The lowest BCUT2D eigenvalue weighted by molar-refractivity contribution is -0.147. The first kappa shape index (κ1) is 24.6. The molecule has 1 fully saturated rings. The number of hydrogen-bond donors (Lipinski definition) is 3. The largest absolute Gasteiger partial charge is 0.508 e. The van der Waals surface area contributed by atoms with Gasteiger partial charge in [-0.05, 0) is 49.1 Å². The summed E-state index contributed by atoms with van der Waals surface area (Å²) in [4.78, 5) is 38.8. The predicted octanol–water partition coefficient (Wildman–Crippen LogP) is 3.58. The number of esters is 1. The molecule has 37 heavy (non-hydrogen) atoms. The summed E-state index contributed by atoms with van der Waals surface area (Å²) in [5.74, 6) is -0.639. The van der Waals surface area contributed by atoms with Gasteiger partial charge in [-0.2, -0.15) is 0 Å². The number of para-hydroxylation sites is 1. The fraction of sp³-hybridized carbons (Fsp3) is 0.345. The molecule has 0 aromatic heterocycles. The van der Waals surface area contributed by atoms with Crippen LogP contribution in [0.2, 0.25) is 0 Å². The first-order valence-corrected chi connectivity index (χ1v) is 12.5. The zero-order valence-electron chi connectivity index (χ0n) is 20.9. The van der Waals surface area contributed by atoms with E-state index in [9.17, 15) is 19.5 Å². The zero-order valence-corrected chi connectivity index (χ0v) is 20.9. The van der Waals surface area contributed by atoms with E-state index in [4.69, 9.17) is 9.47 Å². The molecule has 1 amide bonds. The maximum atomic E-state index is 13.8. The third-order valence-electron chi connectivity index (χ3n) is 7.32. The molecule has 2 aromatic carbocycles. The van der Waals surface area contributed by atoms with Crippen molar-refractivity contribution in [3.63, 3.8) is 0 Å². The molecule has 0 saturated carbocycles. The fourth-order valence-corrected chi connectivity index (χ4v) is 5.60. The molecule has 2 heterocycles. The quantitative estimate of drug-likeness (QED) is 0.536. The lowest BCUT2D eigenvalue weighted by atomic mass is 9.71. The van der Waals surface area contributed by atoms with Crippen LogP contribution in [0.15, 0.2) is 71.1 Å². The number of ether oxygens (including phenoxy) is 2. The van der Waals surface area contributed by atoms with Crippen molar-refractivity contribution in [2.24, 2.45) is 0 Å². The van der Waals surface area contributed by atoms with Gasteiger partial charge in [0.25, 0.3) is 0 Å². The van der Waals surface area contributed by atoms with Gasteiger partial charge in [-0.3, -0.25) is 9.59 Å². The molecule has 0 spiro atoms. The van der Waals surface area contributed by atoms with Crippen molar-refractivity contribution in [3.05, 3.63) is 82.2 Å². The van der Waals surface area contributed by atoms with Gasteiger partial charge in [0.2, 0.25) is 5.91 Å². The number of allylic oxidation sites excluding steroid dienone is 3. The van der Waals surface area contributed by atoms with Crippen LogP contribution in [0.1, 0.15) is 55.6 Å². The van der Waals surface area contributed by atoms with Crippen LogP contribution in [0.3, 0.4) is 0 Å². The first-order chi connectivity index (χ1) is 17.9. The molecule has 3 aliphatic rings. The smallest absolute Gasteiger partial charge is 0.337 e. The first-order valence-electron chi connectivity index (χ1n) is 12.5. The average Bonchev–Trinajstić information content (AvgIpc) is 2.89. The van der Waals surface area contributed by atoms with Crippen molar-refractivity contribution in [2.45, 2.75) is 50.5 Å². The molecule has 3 atom stereocenters. The summed E-state index contributed by atoms with van der Waals surface area (Å²) in [5.41, 5.74) is 3.83. The molecule has 192 valence electrons.